The minimum atomic E-state index is -1.92. The molecule has 0 saturated heterocycles. The molecule has 0 aliphatic heterocycles. The van der Waals surface area contributed by atoms with E-state index in [4.69, 9.17) is 32.7 Å². The molecular weight excluding hydrogens is 316 g/mol. The molecule has 0 heterocycles. The number of carbonyl (C=O) groups excluding carboxylic acids is 2. The minimum absolute atomic E-state index is 0.889. The van der Waals surface area contributed by atoms with E-state index in [0.29, 0.717) is 0 Å². The second-order valence-corrected chi connectivity index (χ2v) is 1.79. The number of carboxylic acid groups (broad SMARTS) is 2. The molecule has 76 valence electrons. The molecule has 9 heteroatoms. The van der Waals surface area contributed by atoms with Crippen molar-refractivity contribution in [2.24, 2.45) is 0 Å². The first-order valence-corrected chi connectivity index (χ1v) is 5.41. The summed E-state index contributed by atoms with van der Waals surface area (Å²) in [7, 11) is 0. The Bertz CT molecular complexity index is 111. The van der Waals surface area contributed by atoms with E-state index in [1.165, 1.54) is 0 Å². The van der Waals surface area contributed by atoms with Crippen molar-refractivity contribution in [3.8, 4) is 0 Å². The van der Waals surface area contributed by atoms with Gasteiger partial charge in [-0.05, 0) is 0 Å². The second-order valence-electron chi connectivity index (χ2n) is 1.16. The van der Waals surface area contributed by atoms with Gasteiger partial charge in [-0.3, -0.25) is 0 Å². The second kappa shape index (κ2) is 18.0. The molecule has 0 fully saturated rings. The van der Waals surface area contributed by atoms with E-state index in [-0.39, 0.29) is 0 Å². The summed E-state index contributed by atoms with van der Waals surface area (Å²) in [6.07, 6.45) is 0. The van der Waals surface area contributed by atoms with E-state index in [9.17, 15) is 0 Å². The number of hydrogen-bond acceptors (Lipinski definition) is 8. The molecule has 0 atom stereocenters. The van der Waals surface area contributed by atoms with Crippen molar-refractivity contribution >= 4 is 11.9 Å². The van der Waals surface area contributed by atoms with Crippen molar-refractivity contribution < 1.29 is 71.4 Å². The summed E-state index contributed by atoms with van der Waals surface area (Å²) in [5.74, 6) is -2.88. The van der Waals surface area contributed by atoms with Gasteiger partial charge < -0.3 is 30.0 Å². The van der Waals surface area contributed by atoms with Crippen molar-refractivity contribution in [2.45, 2.75) is 0 Å². The normalized spacial score (nSPS) is 6.46. The van der Waals surface area contributed by atoms with Gasteiger partial charge in [0.25, 0.3) is 0 Å². The number of hydrogen-bond donors (Lipinski definition) is 4. The van der Waals surface area contributed by atoms with Crippen LogP contribution < -0.4 is 10.2 Å². The summed E-state index contributed by atoms with van der Waals surface area (Å²) in [5, 5.41) is 33.0. The SMILES string of the molecule is O=C([O-])CO.O=C([O-])CO.[OH][Ce+2][OH]. The molecule has 0 aliphatic carbocycles. The van der Waals surface area contributed by atoms with Crippen molar-refractivity contribution in [1.29, 1.82) is 0 Å². The maximum atomic E-state index is 9.01. The fourth-order valence-corrected chi connectivity index (χ4v) is 0. The zero-order valence-corrected chi connectivity index (χ0v) is 9.48. The molecule has 0 amide bonds. The number of carbonyl (C=O) groups is 2. The maximum absolute atomic E-state index is 9.01. The predicted molar refractivity (Wildman–Crippen MR) is 28.6 cm³/mol. The van der Waals surface area contributed by atoms with E-state index in [1.807, 2.05) is 0 Å². The number of aliphatic hydroxyl groups is 2. The van der Waals surface area contributed by atoms with Gasteiger partial charge in [-0.25, -0.2) is 0 Å². The molecule has 13 heavy (non-hydrogen) atoms. The van der Waals surface area contributed by atoms with Gasteiger partial charge in [-0.2, -0.15) is 0 Å². The summed E-state index contributed by atoms with van der Waals surface area (Å²) < 4.78 is 14.6. The van der Waals surface area contributed by atoms with Crippen LogP contribution in [-0.4, -0.2) is 38.0 Å². The van der Waals surface area contributed by atoms with Crippen LogP contribution in [-0.2, 0) is 9.59 Å². The molecule has 4 N–H and O–H groups in total. The molecular formula is C4H8CeO8. The van der Waals surface area contributed by atoms with Crippen molar-refractivity contribution in [3.63, 3.8) is 0 Å². The molecule has 0 radical (unpaired) electrons. The molecule has 0 unspecified atom stereocenters. The van der Waals surface area contributed by atoms with Crippen LogP contribution in [0.5, 0.6) is 0 Å². The Morgan fingerprint density at radius 1 is 1.00 bits per heavy atom. The van der Waals surface area contributed by atoms with Crippen LogP contribution in [0.2, 0.25) is 0 Å². The van der Waals surface area contributed by atoms with Gasteiger partial charge in [0.1, 0.15) is 0 Å². The standard InChI is InChI=1S/2C2H4O3.Ce.2H2O/c2*3-1-2(4)5;;;/h2*3H,1H2,(H,4,5);;2*1H2/q;;+4;;/p-4. The Balaban J connectivity index is -0.000000120. The van der Waals surface area contributed by atoms with Gasteiger partial charge in [0.05, 0.1) is 25.2 Å². The van der Waals surface area contributed by atoms with E-state index in [2.05, 4.69) is 0 Å². The Morgan fingerprint density at radius 2 is 1.08 bits per heavy atom. The number of aliphatic hydroxyl groups excluding tert-OH is 2. The van der Waals surface area contributed by atoms with Crippen LogP contribution in [0.3, 0.4) is 0 Å². The number of carboxylic acids is 2. The van der Waals surface area contributed by atoms with Crippen LogP contribution in [0.15, 0.2) is 0 Å². The first-order chi connectivity index (χ1) is 5.95. The summed E-state index contributed by atoms with van der Waals surface area (Å²) >= 11 is -1.92. The Hall–Kier alpha value is 0.157. The van der Waals surface area contributed by atoms with Crippen molar-refractivity contribution in [3.05, 3.63) is 0 Å². The fraction of sp³-hybridized carbons (Fsp3) is 0.500. The topological polar surface area (TPSA) is 161 Å². The van der Waals surface area contributed by atoms with Crippen molar-refractivity contribution in [1.82, 2.24) is 0 Å². The molecule has 0 saturated carbocycles. The van der Waals surface area contributed by atoms with Crippen LogP contribution in [0.1, 0.15) is 0 Å². The predicted octanol–water partition coefficient (Wildman–Crippen LogP) is -5.66. The average molecular weight is 324 g/mol. The zero-order valence-electron chi connectivity index (χ0n) is 6.34. The Kier molecular flexibility index (Phi) is 26.2. The van der Waals surface area contributed by atoms with Gasteiger partial charge in [-0.1, -0.05) is 0 Å². The average Bonchev–Trinajstić information content (AvgIpc) is 2.07. The molecule has 0 spiro atoms. The monoisotopic (exact) mass is 324 g/mol. The third-order valence-electron chi connectivity index (χ3n) is 0.258. The van der Waals surface area contributed by atoms with E-state index >= 15 is 0 Å². The first kappa shape index (κ1) is 18.8. The van der Waals surface area contributed by atoms with E-state index < -0.39 is 63.9 Å². The zero-order chi connectivity index (χ0) is 11.3. The van der Waals surface area contributed by atoms with Gasteiger partial charge in [0, 0.05) is 0 Å². The van der Waals surface area contributed by atoms with Gasteiger partial charge in [-0.15, -0.1) is 0 Å². The van der Waals surface area contributed by atoms with Gasteiger partial charge >= 0.3 is 41.4 Å². The number of rotatable bonds is 2. The van der Waals surface area contributed by atoms with Crippen molar-refractivity contribution in [2.75, 3.05) is 13.2 Å². The Labute approximate surface area is 95.9 Å². The molecule has 0 aromatic rings. The molecule has 0 aliphatic rings. The first-order valence-electron chi connectivity index (χ1n) is 2.60. The van der Waals surface area contributed by atoms with Crippen LogP contribution in [0, 0.1) is 38.8 Å². The molecule has 8 nitrogen and oxygen atoms in total. The van der Waals surface area contributed by atoms with Crippen LogP contribution in [0.25, 0.3) is 0 Å². The van der Waals surface area contributed by atoms with E-state index in [0.717, 1.165) is 0 Å². The number of aliphatic carboxylic acids is 2. The summed E-state index contributed by atoms with van der Waals surface area (Å²) in [6.45, 7) is -1.78. The van der Waals surface area contributed by atoms with Crippen LogP contribution in [0.4, 0.5) is 0 Å². The molecule has 0 bridgehead atoms. The summed E-state index contributed by atoms with van der Waals surface area (Å²) in [4.78, 5) is 18.0. The van der Waals surface area contributed by atoms with Gasteiger partial charge in [0.2, 0.25) is 0 Å². The van der Waals surface area contributed by atoms with E-state index in [1.54, 1.807) is 0 Å². The third kappa shape index (κ3) is 72.6. The quantitative estimate of drug-likeness (QED) is 0.391. The molecule has 0 rings (SSSR count). The van der Waals surface area contributed by atoms with Gasteiger partial charge in [0.15, 0.2) is 0 Å². The Morgan fingerprint density at radius 3 is 1.08 bits per heavy atom. The summed E-state index contributed by atoms with van der Waals surface area (Å²) in [6, 6.07) is 0. The summed E-state index contributed by atoms with van der Waals surface area (Å²) in [5.41, 5.74) is 0. The molecule has 0 aromatic carbocycles. The molecule has 0 aromatic heterocycles. The fourth-order valence-electron chi connectivity index (χ4n) is 0. The van der Waals surface area contributed by atoms with Crippen LogP contribution >= 0.6 is 0 Å². The third-order valence-corrected chi connectivity index (χ3v) is 0.258.